The molecule has 0 aromatic carbocycles. The van der Waals surface area contributed by atoms with Gasteiger partial charge in [0.05, 0.1) is 17.8 Å². The molecule has 5 nitrogen and oxygen atoms in total. The van der Waals surface area contributed by atoms with Gasteiger partial charge in [-0.25, -0.2) is 4.79 Å². The van der Waals surface area contributed by atoms with Gasteiger partial charge in [0.2, 0.25) is 0 Å². The zero-order valence-electron chi connectivity index (χ0n) is 11.3. The Morgan fingerprint density at radius 2 is 2.11 bits per heavy atom. The summed E-state index contributed by atoms with van der Waals surface area (Å²) in [6, 6.07) is 0.391. The number of nitrogens with zero attached hydrogens (tertiary/aromatic N) is 2. The maximum atomic E-state index is 11.9. The molecular weight excluding hydrogens is 230 g/mol. The van der Waals surface area contributed by atoms with E-state index in [1.54, 1.807) is 12.4 Å². The molecule has 0 saturated carbocycles. The summed E-state index contributed by atoms with van der Waals surface area (Å²) in [7, 11) is 0. The van der Waals surface area contributed by atoms with Crippen molar-refractivity contribution in [3.63, 3.8) is 0 Å². The molecule has 0 aliphatic carbocycles. The maximum Gasteiger partial charge on any atom is 0.341 e. The first kappa shape index (κ1) is 13.1. The standard InChI is InChI=1S/C13H21N3O2/c1-13(2,3)18-12(17)10-8-15-16(9-10)11-4-6-14-7-5-11/h8-9,11,14H,4-7H2,1-3H3. The molecular formula is C13H21N3O2. The average Bonchev–Trinajstić information content (AvgIpc) is 2.77. The first-order valence-electron chi connectivity index (χ1n) is 6.44. The van der Waals surface area contributed by atoms with Gasteiger partial charge in [0, 0.05) is 6.20 Å². The monoisotopic (exact) mass is 251 g/mol. The predicted molar refractivity (Wildman–Crippen MR) is 68.5 cm³/mol. The minimum atomic E-state index is -0.464. The molecule has 100 valence electrons. The summed E-state index contributed by atoms with van der Waals surface area (Å²) in [5.41, 5.74) is 0.0666. The molecule has 1 aliphatic heterocycles. The summed E-state index contributed by atoms with van der Waals surface area (Å²) in [6.45, 7) is 7.60. The Labute approximate surface area is 108 Å². The summed E-state index contributed by atoms with van der Waals surface area (Å²) >= 11 is 0. The highest BCUT2D eigenvalue weighted by Gasteiger charge is 2.21. The number of carbonyl (C=O) groups excluding carboxylic acids is 1. The number of hydrogen-bond acceptors (Lipinski definition) is 4. The van der Waals surface area contributed by atoms with Gasteiger partial charge in [-0.3, -0.25) is 4.68 Å². The third kappa shape index (κ3) is 3.32. The van der Waals surface area contributed by atoms with Crippen LogP contribution in [0.25, 0.3) is 0 Å². The summed E-state index contributed by atoms with van der Waals surface area (Å²) in [4.78, 5) is 11.9. The van der Waals surface area contributed by atoms with E-state index in [9.17, 15) is 4.79 Å². The van der Waals surface area contributed by atoms with Crippen molar-refractivity contribution in [3.8, 4) is 0 Å². The van der Waals surface area contributed by atoms with Gasteiger partial charge in [0.25, 0.3) is 0 Å². The van der Waals surface area contributed by atoms with Crippen molar-refractivity contribution >= 4 is 5.97 Å². The van der Waals surface area contributed by atoms with Gasteiger partial charge < -0.3 is 10.1 Å². The molecule has 18 heavy (non-hydrogen) atoms. The SMILES string of the molecule is CC(C)(C)OC(=O)c1cnn(C2CCNCC2)c1. The fraction of sp³-hybridized carbons (Fsp3) is 0.692. The van der Waals surface area contributed by atoms with Crippen molar-refractivity contribution in [2.75, 3.05) is 13.1 Å². The fourth-order valence-corrected chi connectivity index (χ4v) is 2.05. The van der Waals surface area contributed by atoms with Gasteiger partial charge in [-0.05, 0) is 46.7 Å². The van der Waals surface area contributed by atoms with Gasteiger partial charge in [-0.2, -0.15) is 5.10 Å². The van der Waals surface area contributed by atoms with Gasteiger partial charge in [0.1, 0.15) is 5.60 Å². The Morgan fingerprint density at radius 1 is 1.44 bits per heavy atom. The molecule has 1 fully saturated rings. The number of aromatic nitrogens is 2. The highest BCUT2D eigenvalue weighted by molar-refractivity contribution is 5.89. The number of rotatable bonds is 2. The number of nitrogens with one attached hydrogen (secondary N) is 1. The Balaban J connectivity index is 2.03. The van der Waals surface area contributed by atoms with Crippen LogP contribution >= 0.6 is 0 Å². The van der Waals surface area contributed by atoms with E-state index in [0.29, 0.717) is 11.6 Å². The van der Waals surface area contributed by atoms with Crippen molar-refractivity contribution in [3.05, 3.63) is 18.0 Å². The molecule has 0 spiro atoms. The van der Waals surface area contributed by atoms with Crippen molar-refractivity contribution in [1.82, 2.24) is 15.1 Å². The molecule has 2 heterocycles. The van der Waals surface area contributed by atoms with Crippen LogP contribution in [0.3, 0.4) is 0 Å². The minimum absolute atomic E-state index is 0.303. The number of ether oxygens (including phenoxy) is 1. The lowest BCUT2D eigenvalue weighted by Gasteiger charge is -2.22. The third-order valence-corrected chi connectivity index (χ3v) is 2.92. The fourth-order valence-electron chi connectivity index (χ4n) is 2.05. The molecule has 0 amide bonds. The second-order valence-corrected chi connectivity index (χ2v) is 5.69. The average molecular weight is 251 g/mol. The maximum absolute atomic E-state index is 11.9. The number of carbonyl (C=O) groups is 1. The van der Waals surface area contributed by atoms with E-state index >= 15 is 0 Å². The lowest BCUT2D eigenvalue weighted by Crippen LogP contribution is -2.29. The molecule has 0 unspecified atom stereocenters. The highest BCUT2D eigenvalue weighted by Crippen LogP contribution is 2.19. The van der Waals surface area contributed by atoms with Crippen LogP contribution in [0.5, 0.6) is 0 Å². The van der Waals surface area contributed by atoms with Crippen LogP contribution in [0.2, 0.25) is 0 Å². The molecule has 5 heteroatoms. The molecule has 0 atom stereocenters. The molecule has 0 bridgehead atoms. The second-order valence-electron chi connectivity index (χ2n) is 5.69. The van der Waals surface area contributed by atoms with Crippen LogP contribution in [0.4, 0.5) is 0 Å². The first-order valence-corrected chi connectivity index (χ1v) is 6.44. The summed E-state index contributed by atoms with van der Waals surface area (Å²) in [5.74, 6) is -0.303. The zero-order chi connectivity index (χ0) is 13.2. The topological polar surface area (TPSA) is 56.1 Å². The first-order chi connectivity index (χ1) is 8.46. The largest absolute Gasteiger partial charge is 0.456 e. The highest BCUT2D eigenvalue weighted by atomic mass is 16.6. The molecule has 1 aromatic rings. The van der Waals surface area contributed by atoms with E-state index in [2.05, 4.69) is 10.4 Å². The summed E-state index contributed by atoms with van der Waals surface area (Å²) in [6.07, 6.45) is 5.49. The lowest BCUT2D eigenvalue weighted by atomic mass is 10.1. The van der Waals surface area contributed by atoms with Crippen molar-refractivity contribution in [2.24, 2.45) is 0 Å². The molecule has 0 radical (unpaired) electrons. The predicted octanol–water partition coefficient (Wildman–Crippen LogP) is 1.76. The van der Waals surface area contributed by atoms with Gasteiger partial charge in [-0.1, -0.05) is 0 Å². The van der Waals surface area contributed by atoms with Crippen molar-refractivity contribution < 1.29 is 9.53 Å². The van der Waals surface area contributed by atoms with Crippen molar-refractivity contribution in [2.45, 2.75) is 45.3 Å². The van der Waals surface area contributed by atoms with Gasteiger partial charge in [0.15, 0.2) is 0 Å². The second kappa shape index (κ2) is 5.10. The number of piperidine rings is 1. The smallest absolute Gasteiger partial charge is 0.341 e. The number of esters is 1. The Kier molecular flexibility index (Phi) is 3.71. The van der Waals surface area contributed by atoms with Gasteiger partial charge >= 0.3 is 5.97 Å². The van der Waals surface area contributed by atoms with E-state index in [-0.39, 0.29) is 5.97 Å². The summed E-state index contributed by atoms with van der Waals surface area (Å²) < 4.78 is 7.21. The van der Waals surface area contributed by atoms with Crippen LogP contribution in [-0.4, -0.2) is 34.4 Å². The van der Waals surface area contributed by atoms with Crippen LogP contribution in [-0.2, 0) is 4.74 Å². The Morgan fingerprint density at radius 3 is 2.72 bits per heavy atom. The molecule has 1 N–H and O–H groups in total. The molecule has 1 aliphatic rings. The van der Waals surface area contributed by atoms with E-state index < -0.39 is 5.60 Å². The lowest BCUT2D eigenvalue weighted by molar-refractivity contribution is 0.00694. The minimum Gasteiger partial charge on any atom is -0.456 e. The molecule has 1 saturated heterocycles. The quantitative estimate of drug-likeness (QED) is 0.814. The number of hydrogen-bond donors (Lipinski definition) is 1. The Bertz CT molecular complexity index is 414. The summed E-state index contributed by atoms with van der Waals surface area (Å²) in [5, 5.41) is 7.59. The Hall–Kier alpha value is -1.36. The molecule has 2 rings (SSSR count). The van der Waals surface area contributed by atoms with Crippen LogP contribution in [0.15, 0.2) is 12.4 Å². The molecule has 1 aromatic heterocycles. The van der Waals surface area contributed by atoms with E-state index in [1.165, 1.54) is 0 Å². The zero-order valence-corrected chi connectivity index (χ0v) is 11.3. The normalized spacial score (nSPS) is 17.7. The van der Waals surface area contributed by atoms with E-state index in [1.807, 2.05) is 25.5 Å². The van der Waals surface area contributed by atoms with Crippen LogP contribution in [0, 0.1) is 0 Å². The third-order valence-electron chi connectivity index (χ3n) is 2.92. The van der Waals surface area contributed by atoms with Gasteiger partial charge in [-0.15, -0.1) is 0 Å². The van der Waals surface area contributed by atoms with E-state index in [0.717, 1.165) is 25.9 Å². The van der Waals surface area contributed by atoms with Crippen LogP contribution in [0.1, 0.15) is 50.0 Å². The van der Waals surface area contributed by atoms with Crippen LogP contribution < -0.4 is 5.32 Å². The van der Waals surface area contributed by atoms with Crippen molar-refractivity contribution in [1.29, 1.82) is 0 Å². The van der Waals surface area contributed by atoms with E-state index in [4.69, 9.17) is 4.74 Å².